The minimum Gasteiger partial charge on any atom is -0.483 e. The summed E-state index contributed by atoms with van der Waals surface area (Å²) in [5, 5.41) is 5.33. The van der Waals surface area contributed by atoms with E-state index in [-0.39, 0.29) is 12.5 Å². The second-order valence-electron chi connectivity index (χ2n) is 5.71. The van der Waals surface area contributed by atoms with Gasteiger partial charge in [-0.15, -0.1) is 0 Å². The molecule has 0 aromatic heterocycles. The minimum absolute atomic E-state index is 0.0747. The number of nitrogens with one attached hydrogen (secondary N) is 1. The van der Waals surface area contributed by atoms with Gasteiger partial charge in [0.1, 0.15) is 5.75 Å². The molecule has 4 nitrogen and oxygen atoms in total. The van der Waals surface area contributed by atoms with Crippen molar-refractivity contribution in [2.45, 2.75) is 18.9 Å². The molecule has 1 unspecified atom stereocenters. The molecule has 1 saturated heterocycles. The highest BCUT2D eigenvalue weighted by Gasteiger charge is 2.28. The van der Waals surface area contributed by atoms with Crippen LogP contribution in [0.2, 0.25) is 0 Å². The van der Waals surface area contributed by atoms with Gasteiger partial charge in [-0.3, -0.25) is 4.79 Å². The lowest BCUT2D eigenvalue weighted by molar-refractivity contribution is -0.134. The summed E-state index contributed by atoms with van der Waals surface area (Å²) in [5.74, 6) is 0.849. The van der Waals surface area contributed by atoms with Crippen molar-refractivity contribution in [3.63, 3.8) is 0 Å². The van der Waals surface area contributed by atoms with Crippen LogP contribution >= 0.6 is 0 Å². The Morgan fingerprint density at radius 2 is 2.09 bits per heavy atom. The maximum Gasteiger partial charge on any atom is 0.260 e. The van der Waals surface area contributed by atoms with Crippen molar-refractivity contribution in [1.29, 1.82) is 0 Å². The first-order chi connectivity index (χ1) is 10.8. The molecule has 1 heterocycles. The summed E-state index contributed by atoms with van der Waals surface area (Å²) >= 11 is 0. The van der Waals surface area contributed by atoms with Crippen LogP contribution in [0.4, 0.5) is 0 Å². The molecule has 3 rings (SSSR count). The minimum atomic E-state index is 0.0747. The number of carbonyl (C=O) groups excluding carboxylic acids is 1. The smallest absolute Gasteiger partial charge is 0.260 e. The molecule has 22 heavy (non-hydrogen) atoms. The van der Waals surface area contributed by atoms with Gasteiger partial charge in [0.15, 0.2) is 6.61 Å². The third-order valence-corrected chi connectivity index (χ3v) is 4.24. The zero-order valence-corrected chi connectivity index (χ0v) is 12.9. The number of likely N-dealkylation sites (N-methyl/N-ethyl adjacent to an activating group) is 1. The van der Waals surface area contributed by atoms with Crippen LogP contribution in [-0.2, 0) is 4.79 Å². The second kappa shape index (κ2) is 6.79. The summed E-state index contributed by atoms with van der Waals surface area (Å²) in [4.78, 5) is 14.4. The Morgan fingerprint density at radius 3 is 2.95 bits per heavy atom. The molecule has 116 valence electrons. The number of nitrogens with zero attached hydrogens (tertiary/aromatic N) is 1. The van der Waals surface area contributed by atoms with Crippen LogP contribution in [0.15, 0.2) is 42.5 Å². The highest BCUT2D eigenvalue weighted by atomic mass is 16.5. The molecule has 4 heteroatoms. The Hall–Kier alpha value is -2.07. The third kappa shape index (κ3) is 3.07. The zero-order chi connectivity index (χ0) is 15.4. The Kier molecular flexibility index (Phi) is 4.59. The Labute approximate surface area is 131 Å². The Bertz CT molecular complexity index is 651. The molecule has 0 aliphatic carbocycles. The van der Waals surface area contributed by atoms with E-state index in [1.54, 1.807) is 0 Å². The van der Waals surface area contributed by atoms with Gasteiger partial charge >= 0.3 is 0 Å². The van der Waals surface area contributed by atoms with Gasteiger partial charge in [0, 0.05) is 24.5 Å². The number of ether oxygens (including phenoxy) is 1. The van der Waals surface area contributed by atoms with Crippen LogP contribution in [0.25, 0.3) is 10.8 Å². The van der Waals surface area contributed by atoms with Crippen LogP contribution in [-0.4, -0.2) is 43.6 Å². The first-order valence-corrected chi connectivity index (χ1v) is 7.84. The molecule has 0 radical (unpaired) electrons. The van der Waals surface area contributed by atoms with E-state index in [4.69, 9.17) is 4.74 Å². The van der Waals surface area contributed by atoms with Crippen molar-refractivity contribution in [2.24, 2.45) is 0 Å². The lowest BCUT2D eigenvalue weighted by Crippen LogP contribution is -2.43. The fourth-order valence-corrected chi connectivity index (χ4v) is 3.16. The van der Waals surface area contributed by atoms with Crippen LogP contribution in [0, 0.1) is 0 Å². The van der Waals surface area contributed by atoms with Crippen LogP contribution in [0.5, 0.6) is 5.75 Å². The van der Waals surface area contributed by atoms with Gasteiger partial charge in [-0.2, -0.15) is 0 Å². The van der Waals surface area contributed by atoms with Crippen LogP contribution in [0.3, 0.4) is 0 Å². The van der Waals surface area contributed by atoms with Crippen molar-refractivity contribution < 1.29 is 9.53 Å². The van der Waals surface area contributed by atoms with E-state index in [0.29, 0.717) is 6.04 Å². The van der Waals surface area contributed by atoms with Gasteiger partial charge in [-0.05, 0) is 31.3 Å². The number of benzene rings is 2. The normalized spacial score (nSPS) is 17.9. The standard InChI is InChI=1S/C18H22N2O2/c1-19-12-15-8-5-11-20(15)18(21)13-22-17-10-4-7-14-6-2-3-9-16(14)17/h2-4,6-7,9-10,15,19H,5,8,11-13H2,1H3. The van der Waals surface area contributed by atoms with Crippen molar-refractivity contribution in [2.75, 3.05) is 26.7 Å². The molecule has 1 aliphatic rings. The van der Waals surface area contributed by atoms with E-state index in [9.17, 15) is 4.79 Å². The molecule has 0 bridgehead atoms. The number of carbonyl (C=O) groups is 1. The van der Waals surface area contributed by atoms with Gasteiger partial charge in [0.25, 0.3) is 5.91 Å². The first-order valence-electron chi connectivity index (χ1n) is 7.84. The lowest BCUT2D eigenvalue weighted by Gasteiger charge is -2.24. The highest BCUT2D eigenvalue weighted by Crippen LogP contribution is 2.25. The maximum atomic E-state index is 12.4. The Morgan fingerprint density at radius 1 is 1.27 bits per heavy atom. The van der Waals surface area contributed by atoms with Crippen LogP contribution in [0.1, 0.15) is 12.8 Å². The molecule has 2 aromatic carbocycles. The molecular formula is C18H22N2O2. The van der Waals surface area contributed by atoms with E-state index >= 15 is 0 Å². The molecular weight excluding hydrogens is 276 g/mol. The number of rotatable bonds is 5. The SMILES string of the molecule is CNCC1CCCN1C(=O)COc1cccc2ccccc12. The van der Waals surface area contributed by atoms with E-state index in [1.165, 1.54) is 0 Å². The van der Waals surface area contributed by atoms with E-state index in [2.05, 4.69) is 5.32 Å². The van der Waals surface area contributed by atoms with Crippen molar-refractivity contribution in [3.8, 4) is 5.75 Å². The van der Waals surface area contributed by atoms with Gasteiger partial charge in [-0.25, -0.2) is 0 Å². The molecule has 1 aliphatic heterocycles. The number of likely N-dealkylation sites (tertiary alicyclic amines) is 1. The third-order valence-electron chi connectivity index (χ3n) is 4.24. The highest BCUT2D eigenvalue weighted by molar-refractivity contribution is 5.88. The quantitative estimate of drug-likeness (QED) is 0.922. The van der Waals surface area contributed by atoms with Gasteiger partial charge in [0.05, 0.1) is 0 Å². The fraction of sp³-hybridized carbons (Fsp3) is 0.389. The zero-order valence-electron chi connectivity index (χ0n) is 12.9. The number of hydrogen-bond acceptors (Lipinski definition) is 3. The van der Waals surface area contributed by atoms with Gasteiger partial charge in [-0.1, -0.05) is 36.4 Å². The lowest BCUT2D eigenvalue weighted by atomic mass is 10.1. The summed E-state index contributed by atoms with van der Waals surface area (Å²) in [5.41, 5.74) is 0. The maximum absolute atomic E-state index is 12.4. The summed E-state index contributed by atoms with van der Waals surface area (Å²) in [6.07, 6.45) is 2.15. The van der Waals surface area contributed by atoms with E-state index in [1.807, 2.05) is 54.4 Å². The predicted molar refractivity (Wildman–Crippen MR) is 88.1 cm³/mol. The fourth-order valence-electron chi connectivity index (χ4n) is 3.16. The molecule has 1 amide bonds. The molecule has 1 fully saturated rings. The van der Waals surface area contributed by atoms with Gasteiger partial charge < -0.3 is 15.0 Å². The first kappa shape index (κ1) is 14.9. The van der Waals surface area contributed by atoms with E-state index in [0.717, 1.165) is 42.5 Å². The van der Waals surface area contributed by atoms with Gasteiger partial charge in [0.2, 0.25) is 0 Å². The van der Waals surface area contributed by atoms with Crippen molar-refractivity contribution >= 4 is 16.7 Å². The second-order valence-corrected chi connectivity index (χ2v) is 5.71. The summed E-state index contributed by atoms with van der Waals surface area (Å²) in [6, 6.07) is 14.3. The largest absolute Gasteiger partial charge is 0.483 e. The topological polar surface area (TPSA) is 41.6 Å². The monoisotopic (exact) mass is 298 g/mol. The average molecular weight is 298 g/mol. The summed E-state index contributed by atoms with van der Waals surface area (Å²) in [6.45, 7) is 1.79. The Balaban J connectivity index is 1.67. The van der Waals surface area contributed by atoms with Crippen LogP contribution < -0.4 is 10.1 Å². The number of hydrogen-bond donors (Lipinski definition) is 1. The predicted octanol–water partition coefficient (Wildman–Crippen LogP) is 2.43. The summed E-state index contributed by atoms with van der Waals surface area (Å²) < 4.78 is 5.81. The van der Waals surface area contributed by atoms with E-state index < -0.39 is 0 Å². The summed E-state index contributed by atoms with van der Waals surface area (Å²) in [7, 11) is 1.92. The molecule has 1 N–H and O–H groups in total. The van der Waals surface area contributed by atoms with Crippen molar-refractivity contribution in [1.82, 2.24) is 10.2 Å². The average Bonchev–Trinajstić information content (AvgIpc) is 3.01. The molecule has 1 atom stereocenters. The molecule has 2 aromatic rings. The molecule has 0 spiro atoms. The molecule has 0 saturated carbocycles. The number of fused-ring (bicyclic) bond motifs is 1. The van der Waals surface area contributed by atoms with Crippen molar-refractivity contribution in [3.05, 3.63) is 42.5 Å². The number of amides is 1.